The quantitative estimate of drug-likeness (QED) is 0.301. The first-order chi connectivity index (χ1) is 21.9. The van der Waals surface area contributed by atoms with E-state index in [2.05, 4.69) is 71.0 Å². The first-order valence-electron chi connectivity index (χ1n) is 16.2. The lowest BCUT2D eigenvalue weighted by molar-refractivity contribution is -0.278. The lowest BCUT2D eigenvalue weighted by atomic mass is 9.89. The van der Waals surface area contributed by atoms with Crippen molar-refractivity contribution in [3.63, 3.8) is 0 Å². The van der Waals surface area contributed by atoms with Gasteiger partial charge in [0, 0.05) is 57.0 Å². The standard InChI is InChI=1S/C36H45N3O6/c1-3-37-35(41)38-22-27-5-4-6-31(21-27)28-11-13-30(14-12-28)34-44-32(23-39-17-15-36(16-18-39)42-19-20-43-36)25(2)33(45-34)29-9-7-26(24-40)8-10-29/h4-14,21,25,32-34,40H,3,15-20,22-24H2,1-2H3,(H2,37,38,41)/t25-,32+,33+,34+/m1/s1. The van der Waals surface area contributed by atoms with E-state index in [0.717, 1.165) is 65.9 Å². The number of carbonyl (C=O) groups excluding carboxylic acids is 1. The van der Waals surface area contributed by atoms with E-state index in [0.29, 0.717) is 26.3 Å². The van der Waals surface area contributed by atoms with Gasteiger partial charge in [-0.1, -0.05) is 73.7 Å². The predicted octanol–water partition coefficient (Wildman–Crippen LogP) is 5.30. The summed E-state index contributed by atoms with van der Waals surface area (Å²) >= 11 is 0. The van der Waals surface area contributed by atoms with Crippen LogP contribution in [0.5, 0.6) is 0 Å². The van der Waals surface area contributed by atoms with Crippen LogP contribution in [0.1, 0.15) is 61.3 Å². The third kappa shape index (κ3) is 7.57. The van der Waals surface area contributed by atoms with Gasteiger partial charge in [-0.05, 0) is 40.8 Å². The number of urea groups is 1. The number of hydrogen-bond donors (Lipinski definition) is 3. The van der Waals surface area contributed by atoms with Gasteiger partial charge in [0.15, 0.2) is 12.1 Å². The highest BCUT2D eigenvalue weighted by molar-refractivity contribution is 5.73. The van der Waals surface area contributed by atoms with Crippen molar-refractivity contribution in [3.05, 3.63) is 95.1 Å². The number of nitrogens with one attached hydrogen (secondary N) is 2. The molecule has 1 spiro atoms. The molecule has 0 radical (unpaired) electrons. The highest BCUT2D eigenvalue weighted by Crippen LogP contribution is 2.42. The van der Waals surface area contributed by atoms with Gasteiger partial charge >= 0.3 is 6.03 Å². The van der Waals surface area contributed by atoms with Crippen LogP contribution in [0, 0.1) is 5.92 Å². The van der Waals surface area contributed by atoms with Gasteiger partial charge in [0.1, 0.15) is 0 Å². The molecule has 2 amide bonds. The molecule has 9 heteroatoms. The van der Waals surface area contributed by atoms with E-state index in [1.54, 1.807) is 0 Å². The molecular formula is C36H45N3O6. The number of hydrogen-bond acceptors (Lipinski definition) is 7. The van der Waals surface area contributed by atoms with Crippen molar-refractivity contribution < 1.29 is 28.8 Å². The number of likely N-dealkylation sites (tertiary alicyclic amines) is 1. The Balaban J connectivity index is 1.18. The molecule has 9 nitrogen and oxygen atoms in total. The van der Waals surface area contributed by atoms with Crippen molar-refractivity contribution in [1.82, 2.24) is 15.5 Å². The van der Waals surface area contributed by atoms with Crippen molar-refractivity contribution in [1.29, 1.82) is 0 Å². The second-order valence-corrected chi connectivity index (χ2v) is 12.3. The number of ether oxygens (including phenoxy) is 4. The highest BCUT2D eigenvalue weighted by Gasteiger charge is 2.43. The lowest BCUT2D eigenvalue weighted by Gasteiger charge is -2.44. The Labute approximate surface area is 265 Å². The SMILES string of the molecule is CCNC(=O)NCc1cccc(-c2ccc([C@H]3O[C@@H](CN4CCC5(CC4)OCCO5)[C@@H](C)[C@@H](c4ccc(CO)cc4)O3)cc2)c1. The molecule has 6 rings (SSSR count). The number of aliphatic hydroxyl groups excluding tert-OH is 1. The third-order valence-electron chi connectivity index (χ3n) is 9.23. The summed E-state index contributed by atoms with van der Waals surface area (Å²) < 4.78 is 25.3. The maximum atomic E-state index is 11.8. The van der Waals surface area contributed by atoms with Crippen molar-refractivity contribution in [2.45, 2.75) is 64.1 Å². The van der Waals surface area contributed by atoms with E-state index in [1.807, 2.05) is 31.2 Å². The third-order valence-corrected chi connectivity index (χ3v) is 9.23. The first kappa shape index (κ1) is 31.7. The zero-order chi connectivity index (χ0) is 31.2. The molecule has 3 heterocycles. The summed E-state index contributed by atoms with van der Waals surface area (Å²) in [6.45, 7) is 9.13. The van der Waals surface area contributed by atoms with E-state index in [1.165, 1.54) is 0 Å². The van der Waals surface area contributed by atoms with E-state index >= 15 is 0 Å². The van der Waals surface area contributed by atoms with E-state index in [4.69, 9.17) is 18.9 Å². The average Bonchev–Trinajstić information content (AvgIpc) is 3.54. The van der Waals surface area contributed by atoms with Gasteiger partial charge in [-0.2, -0.15) is 0 Å². The Kier molecular flexibility index (Phi) is 10.1. The zero-order valence-corrected chi connectivity index (χ0v) is 26.2. The number of carbonyl (C=O) groups is 1. The van der Waals surface area contributed by atoms with Gasteiger partial charge in [-0.25, -0.2) is 4.79 Å². The highest BCUT2D eigenvalue weighted by atomic mass is 16.7. The molecule has 3 aliphatic heterocycles. The van der Waals surface area contributed by atoms with Gasteiger partial charge in [-0.3, -0.25) is 0 Å². The van der Waals surface area contributed by atoms with E-state index in [9.17, 15) is 9.90 Å². The molecule has 3 aromatic carbocycles. The van der Waals surface area contributed by atoms with Crippen molar-refractivity contribution >= 4 is 6.03 Å². The Morgan fingerprint density at radius 3 is 2.29 bits per heavy atom. The average molecular weight is 616 g/mol. The second-order valence-electron chi connectivity index (χ2n) is 12.3. The summed E-state index contributed by atoms with van der Waals surface area (Å²) in [4.78, 5) is 14.3. The van der Waals surface area contributed by atoms with Crippen LogP contribution in [-0.4, -0.2) is 67.3 Å². The number of rotatable bonds is 9. The molecule has 45 heavy (non-hydrogen) atoms. The van der Waals surface area contributed by atoms with Crippen LogP contribution in [0.25, 0.3) is 11.1 Å². The number of nitrogens with zero attached hydrogens (tertiary/aromatic N) is 1. The summed E-state index contributed by atoms with van der Waals surface area (Å²) in [6, 6.07) is 24.4. The molecule has 0 aromatic heterocycles. The van der Waals surface area contributed by atoms with Gasteiger partial charge < -0.3 is 39.6 Å². The van der Waals surface area contributed by atoms with Crippen molar-refractivity contribution in [3.8, 4) is 11.1 Å². The Hall–Kier alpha value is -3.31. The zero-order valence-electron chi connectivity index (χ0n) is 26.2. The summed E-state index contributed by atoms with van der Waals surface area (Å²) in [7, 11) is 0. The molecule has 3 fully saturated rings. The molecule has 0 bridgehead atoms. The summed E-state index contributed by atoms with van der Waals surface area (Å²) in [6.07, 6.45) is 1.01. The smallest absolute Gasteiger partial charge is 0.315 e. The molecular weight excluding hydrogens is 570 g/mol. The predicted molar refractivity (Wildman–Crippen MR) is 171 cm³/mol. The van der Waals surface area contributed by atoms with Crippen LogP contribution >= 0.6 is 0 Å². The largest absolute Gasteiger partial charge is 0.392 e. The number of piperidine rings is 1. The molecule has 0 aliphatic carbocycles. The van der Waals surface area contributed by atoms with Gasteiger partial charge in [0.05, 0.1) is 32.0 Å². The first-order valence-corrected chi connectivity index (χ1v) is 16.2. The van der Waals surface area contributed by atoms with Crippen LogP contribution in [0.4, 0.5) is 4.79 Å². The van der Waals surface area contributed by atoms with Crippen molar-refractivity contribution in [2.24, 2.45) is 5.92 Å². The molecule has 240 valence electrons. The van der Waals surface area contributed by atoms with Crippen LogP contribution < -0.4 is 10.6 Å². The van der Waals surface area contributed by atoms with Gasteiger partial charge in [-0.15, -0.1) is 0 Å². The van der Waals surface area contributed by atoms with E-state index in [-0.39, 0.29) is 30.8 Å². The minimum Gasteiger partial charge on any atom is -0.392 e. The van der Waals surface area contributed by atoms with E-state index < -0.39 is 12.1 Å². The lowest BCUT2D eigenvalue weighted by Crippen LogP contribution is -2.50. The normalized spacial score (nSPS) is 24.9. The fraction of sp³-hybridized carbons (Fsp3) is 0.472. The Morgan fingerprint density at radius 1 is 0.889 bits per heavy atom. The Bertz CT molecular complexity index is 1400. The summed E-state index contributed by atoms with van der Waals surface area (Å²) in [5, 5.41) is 15.2. The molecule has 3 aromatic rings. The monoisotopic (exact) mass is 615 g/mol. The van der Waals surface area contributed by atoms with Crippen LogP contribution in [0.2, 0.25) is 0 Å². The number of aliphatic hydroxyl groups is 1. The second kappa shape index (κ2) is 14.4. The molecule has 0 saturated carbocycles. The van der Waals surface area contributed by atoms with Crippen LogP contribution in [-0.2, 0) is 32.1 Å². The summed E-state index contributed by atoms with van der Waals surface area (Å²) in [5.74, 6) is -0.286. The molecule has 3 aliphatic rings. The molecule has 3 N–H and O–H groups in total. The van der Waals surface area contributed by atoms with Gasteiger partial charge in [0.2, 0.25) is 0 Å². The Morgan fingerprint density at radius 2 is 1.60 bits per heavy atom. The maximum absolute atomic E-state index is 11.8. The minimum absolute atomic E-state index is 0.0134. The minimum atomic E-state index is -0.520. The fourth-order valence-corrected chi connectivity index (χ4v) is 6.54. The molecule has 3 saturated heterocycles. The van der Waals surface area contributed by atoms with Crippen LogP contribution in [0.3, 0.4) is 0 Å². The number of amides is 2. The number of benzene rings is 3. The summed E-state index contributed by atoms with van der Waals surface area (Å²) in [5.41, 5.74) is 6.11. The van der Waals surface area contributed by atoms with Crippen molar-refractivity contribution in [2.75, 3.05) is 39.4 Å². The molecule has 4 atom stereocenters. The van der Waals surface area contributed by atoms with Gasteiger partial charge in [0.25, 0.3) is 0 Å². The maximum Gasteiger partial charge on any atom is 0.315 e. The van der Waals surface area contributed by atoms with Crippen LogP contribution in [0.15, 0.2) is 72.8 Å². The molecule has 0 unspecified atom stereocenters. The fourth-order valence-electron chi connectivity index (χ4n) is 6.54. The topological polar surface area (TPSA) is 102 Å².